The van der Waals surface area contributed by atoms with Crippen LogP contribution in [-0.2, 0) is 0 Å². The Kier molecular flexibility index (Phi) is 7.84. The van der Waals surface area contributed by atoms with Crippen molar-refractivity contribution in [2.75, 3.05) is 0 Å². The van der Waals surface area contributed by atoms with Crippen molar-refractivity contribution in [3.05, 3.63) is 218 Å². The molecule has 0 atom stereocenters. The van der Waals surface area contributed by atoms with Crippen molar-refractivity contribution in [1.82, 2.24) is 19.1 Å². The first-order valence-corrected chi connectivity index (χ1v) is 21.3. The predicted octanol–water partition coefficient (Wildman–Crippen LogP) is 15.2. The van der Waals surface area contributed by atoms with Crippen molar-refractivity contribution in [3.8, 4) is 56.3 Å². The molecular weight excluding hydrogens is 769 g/mol. The highest BCUT2D eigenvalue weighted by atomic mass is 16.3. The lowest BCUT2D eigenvalue weighted by Gasteiger charge is -2.11. The third-order valence-corrected chi connectivity index (χ3v) is 12.5. The highest BCUT2D eigenvalue weighted by Gasteiger charge is 2.22. The average Bonchev–Trinajstić information content (AvgIpc) is 4.02. The molecule has 0 saturated carbocycles. The van der Waals surface area contributed by atoms with Gasteiger partial charge in [0.15, 0.2) is 5.82 Å². The number of nitrogens with zero attached hydrogens (tertiary/aromatic N) is 4. The van der Waals surface area contributed by atoms with Gasteiger partial charge in [-0.05, 0) is 77.4 Å². The standard InChI is InChI=1S/C58H36N4O/c1-4-15-38(16-5-1)55-54-49-36-41(40-31-33-51-48(35-40)45-21-10-12-25-50(45)61(51)42-17-6-2-7-18-42)32-34-52(49)62(43-19-8-3-9-20-43)58(54)60-57(59-55)39-29-27-37(28-30-39)44-23-14-24-47-46-22-11-13-26-53(46)63-56(44)47/h1-36H. The van der Waals surface area contributed by atoms with E-state index < -0.39 is 0 Å². The fourth-order valence-electron chi connectivity index (χ4n) is 9.64. The van der Waals surface area contributed by atoms with Gasteiger partial charge in [0.05, 0.1) is 27.6 Å². The number of benzene rings is 9. The lowest BCUT2D eigenvalue weighted by Crippen LogP contribution is -1.99. The molecule has 0 aliphatic carbocycles. The van der Waals surface area contributed by atoms with Crippen LogP contribution in [0.4, 0.5) is 0 Å². The van der Waals surface area contributed by atoms with Crippen molar-refractivity contribution in [1.29, 1.82) is 0 Å². The molecule has 0 amide bonds. The molecule has 63 heavy (non-hydrogen) atoms. The van der Waals surface area contributed by atoms with Crippen molar-refractivity contribution < 1.29 is 4.42 Å². The fraction of sp³-hybridized carbons (Fsp3) is 0. The first-order chi connectivity index (χ1) is 31.2. The topological polar surface area (TPSA) is 48.8 Å². The highest BCUT2D eigenvalue weighted by Crippen LogP contribution is 2.42. The molecule has 0 radical (unpaired) electrons. The Morgan fingerprint density at radius 2 is 0.905 bits per heavy atom. The van der Waals surface area contributed by atoms with E-state index in [2.05, 4.69) is 215 Å². The zero-order valence-corrected chi connectivity index (χ0v) is 34.0. The summed E-state index contributed by atoms with van der Waals surface area (Å²) in [6.45, 7) is 0. The van der Waals surface area contributed by atoms with E-state index in [9.17, 15) is 0 Å². The maximum Gasteiger partial charge on any atom is 0.162 e. The Labute approximate surface area is 362 Å². The number of fused-ring (bicyclic) bond motifs is 9. The normalized spacial score (nSPS) is 11.8. The summed E-state index contributed by atoms with van der Waals surface area (Å²) in [4.78, 5) is 10.9. The van der Waals surface area contributed by atoms with Gasteiger partial charge >= 0.3 is 0 Å². The van der Waals surface area contributed by atoms with E-state index in [1.54, 1.807) is 0 Å². The predicted molar refractivity (Wildman–Crippen MR) is 260 cm³/mol. The van der Waals surface area contributed by atoms with Gasteiger partial charge in [-0.2, -0.15) is 0 Å². The second-order valence-corrected chi connectivity index (χ2v) is 16.1. The third-order valence-electron chi connectivity index (χ3n) is 12.5. The molecule has 0 saturated heterocycles. The van der Waals surface area contributed by atoms with Crippen LogP contribution in [0.15, 0.2) is 223 Å². The van der Waals surface area contributed by atoms with Gasteiger partial charge in [-0.3, -0.25) is 4.57 Å². The number of aromatic nitrogens is 4. The van der Waals surface area contributed by atoms with Gasteiger partial charge in [0, 0.05) is 55.0 Å². The Balaban J connectivity index is 1.01. The van der Waals surface area contributed by atoms with Crippen LogP contribution in [0.25, 0.3) is 122 Å². The molecule has 0 aliphatic heterocycles. The van der Waals surface area contributed by atoms with Gasteiger partial charge < -0.3 is 8.98 Å². The molecule has 5 nitrogen and oxygen atoms in total. The Bertz CT molecular complexity index is 3880. The van der Waals surface area contributed by atoms with Gasteiger partial charge in [0.25, 0.3) is 0 Å². The molecule has 13 rings (SSSR count). The van der Waals surface area contributed by atoms with Crippen LogP contribution in [0.1, 0.15) is 0 Å². The first kappa shape index (κ1) is 35.2. The van der Waals surface area contributed by atoms with Gasteiger partial charge in [-0.15, -0.1) is 0 Å². The number of para-hydroxylation sites is 5. The number of hydrogen-bond acceptors (Lipinski definition) is 3. The lowest BCUT2D eigenvalue weighted by molar-refractivity contribution is 0.670. The maximum absolute atomic E-state index is 6.41. The lowest BCUT2D eigenvalue weighted by atomic mass is 9.99. The second-order valence-electron chi connectivity index (χ2n) is 16.1. The first-order valence-electron chi connectivity index (χ1n) is 21.3. The zero-order valence-electron chi connectivity index (χ0n) is 34.0. The van der Waals surface area contributed by atoms with E-state index >= 15 is 0 Å². The second kappa shape index (κ2) is 14.0. The molecular formula is C58H36N4O. The minimum absolute atomic E-state index is 0.662. The number of furan rings is 1. The molecule has 4 heterocycles. The van der Waals surface area contributed by atoms with E-state index in [0.29, 0.717) is 5.82 Å². The summed E-state index contributed by atoms with van der Waals surface area (Å²) in [5.74, 6) is 0.662. The molecule has 0 fully saturated rings. The molecule has 0 spiro atoms. The Hall–Kier alpha value is -8.54. The zero-order chi connectivity index (χ0) is 41.4. The fourth-order valence-corrected chi connectivity index (χ4v) is 9.64. The minimum Gasteiger partial charge on any atom is -0.455 e. The minimum atomic E-state index is 0.662. The molecule has 0 unspecified atom stereocenters. The van der Waals surface area contributed by atoms with Crippen LogP contribution in [-0.4, -0.2) is 19.1 Å². The quantitative estimate of drug-likeness (QED) is 0.168. The van der Waals surface area contributed by atoms with Crippen molar-refractivity contribution in [2.45, 2.75) is 0 Å². The van der Waals surface area contributed by atoms with Crippen LogP contribution in [0.2, 0.25) is 0 Å². The molecule has 9 aromatic carbocycles. The SMILES string of the molecule is c1ccc(-c2nc(-c3ccc(-c4cccc5c4oc4ccccc45)cc3)nc3c2c2cc(-c4ccc5c(c4)c4ccccc4n5-c4ccccc4)ccc2n3-c2ccccc2)cc1. The van der Waals surface area contributed by atoms with E-state index in [-0.39, 0.29) is 0 Å². The summed E-state index contributed by atoms with van der Waals surface area (Å²) in [5, 5.41) is 6.79. The van der Waals surface area contributed by atoms with Gasteiger partial charge in [0.1, 0.15) is 16.8 Å². The summed E-state index contributed by atoms with van der Waals surface area (Å²) >= 11 is 0. The molecule has 0 bridgehead atoms. The number of rotatable bonds is 6. The monoisotopic (exact) mass is 804 g/mol. The van der Waals surface area contributed by atoms with Crippen LogP contribution in [0, 0.1) is 0 Å². The average molecular weight is 805 g/mol. The van der Waals surface area contributed by atoms with E-state index in [1.165, 1.54) is 21.8 Å². The number of hydrogen-bond donors (Lipinski definition) is 0. The maximum atomic E-state index is 6.41. The summed E-state index contributed by atoms with van der Waals surface area (Å²) in [5.41, 5.74) is 15.5. The highest BCUT2D eigenvalue weighted by molar-refractivity contribution is 6.16. The summed E-state index contributed by atoms with van der Waals surface area (Å²) in [6, 6.07) is 77.2. The van der Waals surface area contributed by atoms with E-state index in [4.69, 9.17) is 14.4 Å². The summed E-state index contributed by atoms with van der Waals surface area (Å²) in [6.07, 6.45) is 0. The molecule has 5 heteroatoms. The van der Waals surface area contributed by atoms with Crippen LogP contribution in [0.3, 0.4) is 0 Å². The summed E-state index contributed by atoms with van der Waals surface area (Å²) < 4.78 is 11.1. The van der Waals surface area contributed by atoms with Crippen molar-refractivity contribution in [2.24, 2.45) is 0 Å². The van der Waals surface area contributed by atoms with Crippen LogP contribution >= 0.6 is 0 Å². The summed E-state index contributed by atoms with van der Waals surface area (Å²) in [7, 11) is 0. The van der Waals surface area contributed by atoms with Crippen LogP contribution < -0.4 is 0 Å². The van der Waals surface area contributed by atoms with Gasteiger partial charge in [-0.1, -0.05) is 158 Å². The molecule has 13 aromatic rings. The van der Waals surface area contributed by atoms with Gasteiger partial charge in [0.2, 0.25) is 0 Å². The largest absolute Gasteiger partial charge is 0.455 e. The Morgan fingerprint density at radius 1 is 0.349 bits per heavy atom. The van der Waals surface area contributed by atoms with Crippen LogP contribution in [0.5, 0.6) is 0 Å². The smallest absolute Gasteiger partial charge is 0.162 e. The van der Waals surface area contributed by atoms with E-state index in [0.717, 1.165) is 94.3 Å². The van der Waals surface area contributed by atoms with E-state index in [1.807, 2.05) is 12.1 Å². The molecule has 4 aromatic heterocycles. The molecule has 0 N–H and O–H groups in total. The van der Waals surface area contributed by atoms with Crippen molar-refractivity contribution >= 4 is 65.7 Å². The van der Waals surface area contributed by atoms with Gasteiger partial charge in [-0.25, -0.2) is 9.97 Å². The molecule has 294 valence electrons. The Morgan fingerprint density at radius 3 is 1.65 bits per heavy atom. The molecule has 0 aliphatic rings. The van der Waals surface area contributed by atoms with Crippen molar-refractivity contribution in [3.63, 3.8) is 0 Å². The third kappa shape index (κ3) is 5.57.